The van der Waals surface area contributed by atoms with E-state index in [2.05, 4.69) is 9.71 Å². The van der Waals surface area contributed by atoms with Gasteiger partial charge in [-0.15, -0.1) is 4.40 Å². The van der Waals surface area contributed by atoms with Gasteiger partial charge in [-0.2, -0.15) is 8.42 Å². The van der Waals surface area contributed by atoms with Crippen LogP contribution in [0.3, 0.4) is 0 Å². The van der Waals surface area contributed by atoms with Gasteiger partial charge in [-0.25, -0.2) is 4.39 Å². The standard InChI is InChI=1S/C16H14FN3O3S/c1-20(10-15(21)18-13-8-4-3-7-12(13)17)16-11-6-2-5-9-14(11)24(22,23)19-16/h2-9H,10H2,1H3,(H,18,21). The number of nitrogens with zero attached hydrogens (tertiary/aromatic N) is 2. The Morgan fingerprint density at radius 2 is 1.83 bits per heavy atom. The highest BCUT2D eigenvalue weighted by molar-refractivity contribution is 7.90. The van der Waals surface area contributed by atoms with Crippen molar-refractivity contribution in [3.05, 3.63) is 59.9 Å². The number of hydrogen-bond donors (Lipinski definition) is 1. The summed E-state index contributed by atoms with van der Waals surface area (Å²) >= 11 is 0. The number of carbonyl (C=O) groups excluding carboxylic acids is 1. The molecule has 8 heteroatoms. The Balaban J connectivity index is 1.78. The lowest BCUT2D eigenvalue weighted by atomic mass is 10.2. The Bertz CT molecular complexity index is 941. The zero-order valence-corrected chi connectivity index (χ0v) is 13.5. The smallest absolute Gasteiger partial charge is 0.285 e. The first-order valence-electron chi connectivity index (χ1n) is 7.08. The molecule has 0 spiro atoms. The van der Waals surface area contributed by atoms with Crippen LogP contribution in [-0.4, -0.2) is 38.7 Å². The second kappa shape index (κ2) is 6.04. The third kappa shape index (κ3) is 3.00. The van der Waals surface area contributed by atoms with Gasteiger partial charge in [0, 0.05) is 12.6 Å². The molecule has 2 aromatic carbocycles. The van der Waals surface area contributed by atoms with Gasteiger partial charge in [0.15, 0.2) is 5.84 Å². The van der Waals surface area contributed by atoms with E-state index >= 15 is 0 Å². The fourth-order valence-electron chi connectivity index (χ4n) is 2.41. The maximum Gasteiger partial charge on any atom is 0.285 e. The number of carbonyl (C=O) groups is 1. The minimum Gasteiger partial charge on any atom is -0.349 e. The summed E-state index contributed by atoms with van der Waals surface area (Å²) in [6, 6.07) is 12.2. The van der Waals surface area contributed by atoms with E-state index in [9.17, 15) is 17.6 Å². The summed E-state index contributed by atoms with van der Waals surface area (Å²) < 4.78 is 41.3. The number of halogens is 1. The number of para-hydroxylation sites is 1. The second-order valence-corrected chi connectivity index (χ2v) is 6.84. The molecule has 6 nitrogen and oxygen atoms in total. The van der Waals surface area contributed by atoms with Crippen molar-refractivity contribution in [3.63, 3.8) is 0 Å². The van der Waals surface area contributed by atoms with Crippen LogP contribution in [0, 0.1) is 5.82 Å². The number of amides is 1. The van der Waals surface area contributed by atoms with Crippen molar-refractivity contribution in [2.24, 2.45) is 4.40 Å². The first-order chi connectivity index (χ1) is 11.4. The number of rotatable bonds is 3. The van der Waals surface area contributed by atoms with Gasteiger partial charge in [0.25, 0.3) is 10.0 Å². The molecule has 0 unspecified atom stereocenters. The number of benzene rings is 2. The molecule has 1 aliphatic heterocycles. The van der Waals surface area contributed by atoms with Gasteiger partial charge in [0.2, 0.25) is 5.91 Å². The van der Waals surface area contributed by atoms with Crippen LogP contribution >= 0.6 is 0 Å². The molecular weight excluding hydrogens is 333 g/mol. The van der Waals surface area contributed by atoms with Gasteiger partial charge in [-0.1, -0.05) is 24.3 Å². The molecule has 1 amide bonds. The van der Waals surface area contributed by atoms with E-state index in [4.69, 9.17) is 0 Å². The molecule has 0 fully saturated rings. The lowest BCUT2D eigenvalue weighted by molar-refractivity contribution is -0.116. The van der Waals surface area contributed by atoms with E-state index in [1.807, 2.05) is 0 Å². The molecule has 0 saturated heterocycles. The Morgan fingerprint density at radius 3 is 2.58 bits per heavy atom. The minimum atomic E-state index is -3.75. The minimum absolute atomic E-state index is 0.0669. The van der Waals surface area contributed by atoms with Crippen molar-refractivity contribution < 1.29 is 17.6 Å². The van der Waals surface area contributed by atoms with Gasteiger partial charge in [0.05, 0.1) is 12.2 Å². The predicted molar refractivity (Wildman–Crippen MR) is 87.8 cm³/mol. The first-order valence-corrected chi connectivity index (χ1v) is 8.52. The van der Waals surface area contributed by atoms with Crippen LogP contribution in [0.25, 0.3) is 0 Å². The lowest BCUT2D eigenvalue weighted by Gasteiger charge is -2.18. The fourth-order valence-corrected chi connectivity index (χ4v) is 3.66. The third-order valence-corrected chi connectivity index (χ3v) is 4.83. The van der Waals surface area contributed by atoms with E-state index in [1.165, 1.54) is 29.2 Å². The van der Waals surface area contributed by atoms with E-state index < -0.39 is 21.7 Å². The van der Waals surface area contributed by atoms with Crippen molar-refractivity contribution in [3.8, 4) is 0 Å². The highest BCUT2D eigenvalue weighted by atomic mass is 32.2. The van der Waals surface area contributed by atoms with Gasteiger partial charge >= 0.3 is 0 Å². The van der Waals surface area contributed by atoms with Crippen LogP contribution in [0.1, 0.15) is 5.56 Å². The van der Waals surface area contributed by atoms with Crippen molar-refractivity contribution in [2.75, 3.05) is 18.9 Å². The quantitative estimate of drug-likeness (QED) is 0.919. The molecule has 0 saturated carbocycles. The third-order valence-electron chi connectivity index (χ3n) is 3.50. The molecule has 124 valence electrons. The van der Waals surface area contributed by atoms with Gasteiger partial charge in [0.1, 0.15) is 10.7 Å². The van der Waals surface area contributed by atoms with Gasteiger partial charge in [-0.3, -0.25) is 4.79 Å². The summed E-state index contributed by atoms with van der Waals surface area (Å²) in [5, 5.41) is 2.45. The van der Waals surface area contributed by atoms with Crippen molar-refractivity contribution in [1.82, 2.24) is 4.90 Å². The van der Waals surface area contributed by atoms with Crippen molar-refractivity contribution in [1.29, 1.82) is 0 Å². The average Bonchev–Trinajstić information content (AvgIpc) is 2.82. The van der Waals surface area contributed by atoms with Crippen LogP contribution in [0.5, 0.6) is 0 Å². The zero-order chi connectivity index (χ0) is 17.3. The SMILES string of the molecule is CN(CC(=O)Nc1ccccc1F)C1=NS(=O)(=O)c2ccccc21. The lowest BCUT2D eigenvalue weighted by Crippen LogP contribution is -2.35. The molecule has 1 aliphatic rings. The summed E-state index contributed by atoms with van der Waals surface area (Å²) in [5.41, 5.74) is 0.510. The Hall–Kier alpha value is -2.74. The summed E-state index contributed by atoms with van der Waals surface area (Å²) in [6.07, 6.45) is 0. The number of anilines is 1. The molecule has 0 radical (unpaired) electrons. The molecule has 0 aromatic heterocycles. The van der Waals surface area contributed by atoms with Crippen molar-refractivity contribution >= 4 is 27.5 Å². The molecule has 1 N–H and O–H groups in total. The van der Waals surface area contributed by atoms with Gasteiger partial charge in [-0.05, 0) is 24.3 Å². The number of fused-ring (bicyclic) bond motifs is 1. The molecule has 24 heavy (non-hydrogen) atoms. The largest absolute Gasteiger partial charge is 0.349 e. The Morgan fingerprint density at radius 1 is 1.17 bits per heavy atom. The van der Waals surface area contributed by atoms with Crippen molar-refractivity contribution in [2.45, 2.75) is 4.90 Å². The second-order valence-electron chi connectivity index (χ2n) is 5.27. The van der Waals surface area contributed by atoms with E-state index in [-0.39, 0.29) is 23.0 Å². The Kier molecular flexibility index (Phi) is 4.06. The molecule has 3 rings (SSSR count). The maximum atomic E-state index is 13.6. The van der Waals surface area contributed by atoms with E-state index in [0.29, 0.717) is 5.56 Å². The number of amidine groups is 1. The molecule has 1 heterocycles. The first kappa shape index (κ1) is 16.1. The van der Waals surface area contributed by atoms with Crippen LogP contribution in [0.15, 0.2) is 57.8 Å². The number of likely N-dealkylation sites (N-methyl/N-ethyl adjacent to an activating group) is 1. The summed E-state index contributed by atoms with van der Waals surface area (Å²) in [7, 11) is -2.19. The maximum absolute atomic E-state index is 13.6. The highest BCUT2D eigenvalue weighted by Gasteiger charge is 2.30. The molecule has 0 aliphatic carbocycles. The van der Waals surface area contributed by atoms with Crippen LogP contribution in [0.4, 0.5) is 10.1 Å². The highest BCUT2D eigenvalue weighted by Crippen LogP contribution is 2.26. The topological polar surface area (TPSA) is 78.8 Å². The zero-order valence-electron chi connectivity index (χ0n) is 12.7. The Labute approximate surface area is 138 Å². The monoisotopic (exact) mass is 347 g/mol. The predicted octanol–water partition coefficient (Wildman–Crippen LogP) is 1.85. The number of nitrogens with one attached hydrogen (secondary N) is 1. The summed E-state index contributed by atoms with van der Waals surface area (Å²) in [4.78, 5) is 13.6. The van der Waals surface area contributed by atoms with Crippen LogP contribution in [0.2, 0.25) is 0 Å². The molecule has 2 aromatic rings. The van der Waals surface area contributed by atoms with E-state index in [1.54, 1.807) is 31.3 Å². The molecular formula is C16H14FN3O3S. The van der Waals surface area contributed by atoms with Crippen LogP contribution in [-0.2, 0) is 14.8 Å². The molecule has 0 bridgehead atoms. The van der Waals surface area contributed by atoms with E-state index in [0.717, 1.165) is 0 Å². The summed E-state index contributed by atoms with van der Waals surface area (Å²) in [6.45, 7) is -0.170. The van der Waals surface area contributed by atoms with Crippen LogP contribution < -0.4 is 5.32 Å². The number of sulfonamides is 1. The normalized spacial score (nSPS) is 14.7. The molecule has 0 atom stereocenters. The fraction of sp³-hybridized carbons (Fsp3) is 0.125. The average molecular weight is 347 g/mol. The summed E-state index contributed by atoms with van der Waals surface area (Å²) in [5.74, 6) is -0.832. The number of hydrogen-bond acceptors (Lipinski definition) is 4. The van der Waals surface area contributed by atoms with Gasteiger partial charge < -0.3 is 10.2 Å².